The summed E-state index contributed by atoms with van der Waals surface area (Å²) in [5.41, 5.74) is 0. The maximum atomic E-state index is 8.65. The van der Waals surface area contributed by atoms with Gasteiger partial charge in [-0.25, -0.2) is 0 Å². The van der Waals surface area contributed by atoms with E-state index in [-0.39, 0.29) is 12.9 Å². The van der Waals surface area contributed by atoms with Crippen LogP contribution in [0.3, 0.4) is 0 Å². The molecular weight excluding hydrogens is 104 g/mol. The Hall–Kier alpha value is -1.18. The average molecular weight is 112 g/mol. The van der Waals surface area contributed by atoms with Crippen molar-refractivity contribution < 1.29 is 11.6 Å². The zero-order valence-electron chi connectivity index (χ0n) is 4.20. The summed E-state index contributed by atoms with van der Waals surface area (Å²) >= 11 is 0. The number of aromatic hydroxyl groups is 2. The van der Waals surface area contributed by atoms with Crippen LogP contribution < -0.4 is 0 Å². The summed E-state index contributed by atoms with van der Waals surface area (Å²) < 4.78 is 0. The normalized spacial score (nSPS) is 9.00. The van der Waals surface area contributed by atoms with Crippen LogP contribution in [0.25, 0.3) is 0 Å². The first kappa shape index (κ1) is 4.97. The molecule has 1 rings (SSSR count). The van der Waals surface area contributed by atoms with Crippen molar-refractivity contribution >= 4 is 0 Å². The highest BCUT2D eigenvalue weighted by Crippen LogP contribution is 2.14. The van der Waals surface area contributed by atoms with E-state index < -0.39 is 0 Å². The molecule has 0 unspecified atom stereocenters. The van der Waals surface area contributed by atoms with Gasteiger partial charge in [0.15, 0.2) is 0 Å². The molecule has 0 fully saturated rings. The van der Waals surface area contributed by atoms with Crippen LogP contribution in [-0.2, 0) is 0 Å². The quantitative estimate of drug-likeness (QED) is 0.531. The lowest BCUT2D eigenvalue weighted by molar-refractivity contribution is 0.450. The molecule has 0 heterocycles. The first-order chi connectivity index (χ1) is 3.79. The molecule has 0 aliphatic rings. The molecule has 8 heavy (non-hydrogen) atoms. The lowest BCUT2D eigenvalue weighted by atomic mass is 10.3. The van der Waals surface area contributed by atoms with Crippen molar-refractivity contribution in [3.63, 3.8) is 0 Å². The van der Waals surface area contributed by atoms with E-state index in [2.05, 4.69) is 0 Å². The van der Waals surface area contributed by atoms with E-state index in [4.69, 9.17) is 10.2 Å². The van der Waals surface area contributed by atoms with Crippen LogP contribution in [0.1, 0.15) is 1.43 Å². The van der Waals surface area contributed by atoms with Gasteiger partial charge in [-0.15, -0.1) is 0 Å². The number of benzene rings is 1. The predicted molar refractivity (Wildman–Crippen MR) is 31.9 cm³/mol. The van der Waals surface area contributed by atoms with Crippen molar-refractivity contribution in [3.8, 4) is 11.5 Å². The van der Waals surface area contributed by atoms with Crippen LogP contribution >= 0.6 is 0 Å². The second-order valence-electron chi connectivity index (χ2n) is 1.52. The van der Waals surface area contributed by atoms with Gasteiger partial charge in [-0.3, -0.25) is 0 Å². The van der Waals surface area contributed by atoms with Crippen LogP contribution in [0.15, 0.2) is 24.3 Å². The fourth-order valence-corrected chi connectivity index (χ4v) is 0.493. The van der Waals surface area contributed by atoms with Crippen LogP contribution in [-0.4, -0.2) is 10.2 Å². The largest absolute Gasteiger partial charge is 0.508 e. The molecule has 2 heteroatoms. The fraction of sp³-hybridized carbons (Fsp3) is 0. The van der Waals surface area contributed by atoms with Crippen LogP contribution in [0, 0.1) is 0 Å². The summed E-state index contributed by atoms with van der Waals surface area (Å²) in [6, 6.07) is 5.85. The SMILES string of the molecule is Oc1cccc(O)c1.[HH]. The summed E-state index contributed by atoms with van der Waals surface area (Å²) in [5.74, 6) is 0.176. The van der Waals surface area contributed by atoms with Crippen molar-refractivity contribution in [3.05, 3.63) is 24.3 Å². The molecule has 0 amide bonds. The van der Waals surface area contributed by atoms with Gasteiger partial charge in [0.05, 0.1) is 0 Å². The summed E-state index contributed by atoms with van der Waals surface area (Å²) in [7, 11) is 0. The zero-order chi connectivity index (χ0) is 5.98. The number of hydrogen-bond donors (Lipinski definition) is 2. The van der Waals surface area contributed by atoms with E-state index in [1.54, 1.807) is 6.07 Å². The minimum atomic E-state index is 0. The Balaban J connectivity index is 0.000000640. The van der Waals surface area contributed by atoms with Gasteiger partial charge >= 0.3 is 0 Å². The van der Waals surface area contributed by atoms with E-state index in [9.17, 15) is 0 Å². The molecule has 0 radical (unpaired) electrons. The second-order valence-corrected chi connectivity index (χ2v) is 1.52. The van der Waals surface area contributed by atoms with Gasteiger partial charge < -0.3 is 10.2 Å². The third-order valence-corrected chi connectivity index (χ3v) is 0.830. The van der Waals surface area contributed by atoms with Crippen molar-refractivity contribution in [1.29, 1.82) is 0 Å². The summed E-state index contributed by atoms with van der Waals surface area (Å²) in [6.07, 6.45) is 0. The van der Waals surface area contributed by atoms with E-state index >= 15 is 0 Å². The highest BCUT2D eigenvalue weighted by atomic mass is 16.3. The number of rotatable bonds is 0. The van der Waals surface area contributed by atoms with E-state index in [1.165, 1.54) is 18.2 Å². The topological polar surface area (TPSA) is 40.5 Å². The Bertz CT molecular complexity index is 171. The predicted octanol–water partition coefficient (Wildman–Crippen LogP) is 1.34. The molecule has 0 saturated heterocycles. The average Bonchev–Trinajstić information content (AvgIpc) is 1.64. The summed E-state index contributed by atoms with van der Waals surface area (Å²) in [4.78, 5) is 0. The lowest BCUT2D eigenvalue weighted by Crippen LogP contribution is -1.61. The molecule has 0 aromatic heterocycles. The Morgan fingerprint density at radius 3 is 1.88 bits per heavy atom. The molecule has 0 saturated carbocycles. The van der Waals surface area contributed by atoms with Gasteiger partial charge in [0.2, 0.25) is 0 Å². The molecule has 44 valence electrons. The summed E-state index contributed by atoms with van der Waals surface area (Å²) in [5, 5.41) is 17.3. The standard InChI is InChI=1S/C6H6O2.H2/c7-5-2-1-3-6(8)4-5;/h1-4,7-8H;1H. The summed E-state index contributed by atoms with van der Waals surface area (Å²) in [6.45, 7) is 0. The van der Waals surface area contributed by atoms with Gasteiger partial charge in [0.25, 0.3) is 0 Å². The number of phenols is 2. The zero-order valence-corrected chi connectivity index (χ0v) is 4.20. The van der Waals surface area contributed by atoms with E-state index in [0.29, 0.717) is 0 Å². The van der Waals surface area contributed by atoms with Gasteiger partial charge in [0, 0.05) is 7.49 Å². The maximum absolute atomic E-state index is 8.65. The molecule has 1 aromatic carbocycles. The van der Waals surface area contributed by atoms with Gasteiger partial charge in [-0.1, -0.05) is 6.07 Å². The maximum Gasteiger partial charge on any atom is 0.119 e. The highest BCUT2D eigenvalue weighted by Gasteiger charge is 1.85. The lowest BCUT2D eigenvalue weighted by Gasteiger charge is -1.89. The number of hydrogen-bond acceptors (Lipinski definition) is 2. The minimum Gasteiger partial charge on any atom is -0.508 e. The Morgan fingerprint density at radius 1 is 1.12 bits per heavy atom. The molecule has 0 bridgehead atoms. The third kappa shape index (κ3) is 0.904. The first-order valence-electron chi connectivity index (χ1n) is 2.27. The molecule has 0 aliphatic heterocycles. The molecule has 0 atom stereocenters. The van der Waals surface area contributed by atoms with Crippen molar-refractivity contribution in [2.24, 2.45) is 0 Å². The molecule has 2 N–H and O–H groups in total. The first-order valence-corrected chi connectivity index (χ1v) is 2.27. The van der Waals surface area contributed by atoms with Crippen molar-refractivity contribution in [2.75, 3.05) is 0 Å². The van der Waals surface area contributed by atoms with Gasteiger partial charge in [0.1, 0.15) is 11.5 Å². The highest BCUT2D eigenvalue weighted by molar-refractivity contribution is 5.30. The van der Waals surface area contributed by atoms with Crippen LogP contribution in [0.4, 0.5) is 0 Å². The molecule has 0 spiro atoms. The molecule has 2 nitrogen and oxygen atoms in total. The number of phenolic OH excluding ortho intramolecular Hbond substituents is 2. The Morgan fingerprint density at radius 2 is 1.62 bits per heavy atom. The fourth-order valence-electron chi connectivity index (χ4n) is 0.493. The second kappa shape index (κ2) is 1.74. The minimum absolute atomic E-state index is 0. The van der Waals surface area contributed by atoms with Gasteiger partial charge in [-0.2, -0.15) is 0 Å². The molecule has 1 aromatic rings. The van der Waals surface area contributed by atoms with Crippen LogP contribution in [0.5, 0.6) is 11.5 Å². The van der Waals surface area contributed by atoms with Gasteiger partial charge in [-0.05, 0) is 12.1 Å². The van der Waals surface area contributed by atoms with Crippen LogP contribution in [0.2, 0.25) is 0 Å². The monoisotopic (exact) mass is 112 g/mol. The molecule has 0 aliphatic carbocycles. The Kier molecular flexibility index (Phi) is 1.08. The van der Waals surface area contributed by atoms with Crippen molar-refractivity contribution in [2.45, 2.75) is 0 Å². The third-order valence-electron chi connectivity index (χ3n) is 0.830. The molecular formula is C6H8O2. The van der Waals surface area contributed by atoms with E-state index in [0.717, 1.165) is 0 Å². The smallest absolute Gasteiger partial charge is 0.119 e. The Labute approximate surface area is 48.5 Å². The van der Waals surface area contributed by atoms with E-state index in [1.807, 2.05) is 0 Å². The van der Waals surface area contributed by atoms with Crippen molar-refractivity contribution in [1.82, 2.24) is 0 Å².